The van der Waals surface area contributed by atoms with Gasteiger partial charge >= 0.3 is 6.18 Å². The highest BCUT2D eigenvalue weighted by atomic mass is 19.4. The van der Waals surface area contributed by atoms with Crippen LogP contribution in [0.3, 0.4) is 0 Å². The second-order valence-corrected chi connectivity index (χ2v) is 7.11. The van der Waals surface area contributed by atoms with Crippen molar-refractivity contribution in [2.75, 3.05) is 18.4 Å². The molecule has 0 bridgehead atoms. The van der Waals surface area contributed by atoms with E-state index in [0.717, 1.165) is 23.9 Å². The van der Waals surface area contributed by atoms with Crippen LogP contribution >= 0.6 is 0 Å². The molecule has 2 aromatic heterocycles. The van der Waals surface area contributed by atoms with Gasteiger partial charge in [-0.1, -0.05) is 18.7 Å². The molecule has 8 heteroatoms. The van der Waals surface area contributed by atoms with Crippen molar-refractivity contribution < 1.29 is 18.0 Å². The number of likely N-dealkylation sites (tertiary alicyclic amines) is 1. The first-order chi connectivity index (χ1) is 14.4. The predicted octanol–water partition coefficient (Wildman–Crippen LogP) is 4.51. The van der Waals surface area contributed by atoms with E-state index >= 15 is 0 Å². The molecule has 1 atom stereocenters. The lowest BCUT2D eigenvalue weighted by atomic mass is 10.0. The molecule has 3 heterocycles. The van der Waals surface area contributed by atoms with Crippen molar-refractivity contribution in [3.8, 4) is 11.1 Å². The maximum atomic E-state index is 12.9. The minimum Gasteiger partial charge on any atom is -0.365 e. The zero-order valence-electron chi connectivity index (χ0n) is 16.0. The Hall–Kier alpha value is -3.42. The highest BCUT2D eigenvalue weighted by molar-refractivity contribution is 5.99. The quantitative estimate of drug-likeness (QED) is 0.641. The molecular formula is C22H19F3N4O. The third-order valence-electron chi connectivity index (χ3n) is 5.18. The van der Waals surface area contributed by atoms with Crippen LogP contribution in [0.4, 0.5) is 19.0 Å². The first-order valence-electron chi connectivity index (χ1n) is 9.46. The van der Waals surface area contributed by atoms with Crippen LogP contribution in [0.2, 0.25) is 0 Å². The van der Waals surface area contributed by atoms with Gasteiger partial charge in [0, 0.05) is 42.5 Å². The lowest BCUT2D eigenvalue weighted by Gasteiger charge is -2.17. The minimum atomic E-state index is -4.38. The van der Waals surface area contributed by atoms with Crippen molar-refractivity contribution in [3.63, 3.8) is 0 Å². The van der Waals surface area contributed by atoms with Gasteiger partial charge in [-0.25, -0.2) is 4.98 Å². The molecular weight excluding hydrogens is 393 g/mol. The number of pyridine rings is 2. The number of halogens is 3. The smallest absolute Gasteiger partial charge is 0.365 e. The Morgan fingerprint density at radius 3 is 2.67 bits per heavy atom. The number of amides is 1. The number of fused-ring (bicyclic) bond motifs is 1. The number of anilines is 1. The molecule has 1 aromatic carbocycles. The lowest BCUT2D eigenvalue weighted by molar-refractivity contribution is -0.137. The molecule has 3 aromatic rings. The molecule has 0 aliphatic carbocycles. The van der Waals surface area contributed by atoms with Crippen LogP contribution in [0.25, 0.3) is 22.0 Å². The molecule has 1 aliphatic heterocycles. The number of nitrogens with zero attached hydrogens (tertiary/aromatic N) is 3. The summed E-state index contributed by atoms with van der Waals surface area (Å²) >= 11 is 0. The van der Waals surface area contributed by atoms with E-state index < -0.39 is 11.7 Å². The summed E-state index contributed by atoms with van der Waals surface area (Å²) in [5.41, 5.74) is 1.20. The molecule has 1 amide bonds. The fourth-order valence-corrected chi connectivity index (χ4v) is 3.64. The Morgan fingerprint density at radius 2 is 1.97 bits per heavy atom. The third kappa shape index (κ3) is 3.85. The van der Waals surface area contributed by atoms with Crippen LogP contribution in [0.5, 0.6) is 0 Å². The Labute approximate surface area is 171 Å². The van der Waals surface area contributed by atoms with Crippen molar-refractivity contribution in [2.45, 2.75) is 18.6 Å². The molecule has 4 rings (SSSR count). The molecule has 0 saturated carbocycles. The normalized spacial score (nSPS) is 16.6. The maximum absolute atomic E-state index is 12.9. The van der Waals surface area contributed by atoms with Crippen LogP contribution in [0.1, 0.15) is 12.0 Å². The standard InChI is InChI=1S/C22H19F3N4O/c1-2-19(30)29-11-9-16(13-29)28-21-17-4-3-10-26-20(17)18(12-27-21)14-5-7-15(8-6-14)22(23,24)25/h2-8,10,12,16H,1,9,11,13H2,(H,27,28)/t16-/m0/s1. The molecule has 1 aliphatic rings. The van der Waals surface area contributed by atoms with E-state index in [1.807, 2.05) is 6.07 Å². The summed E-state index contributed by atoms with van der Waals surface area (Å²) in [5.74, 6) is 0.531. The number of aromatic nitrogens is 2. The summed E-state index contributed by atoms with van der Waals surface area (Å²) in [6.45, 7) is 4.71. The summed E-state index contributed by atoms with van der Waals surface area (Å²) in [6.07, 6.45) is 0.955. The van der Waals surface area contributed by atoms with E-state index in [1.54, 1.807) is 23.4 Å². The van der Waals surface area contributed by atoms with E-state index in [9.17, 15) is 18.0 Å². The zero-order chi connectivity index (χ0) is 21.3. The van der Waals surface area contributed by atoms with Gasteiger partial charge in [-0.2, -0.15) is 13.2 Å². The van der Waals surface area contributed by atoms with Crippen molar-refractivity contribution in [2.24, 2.45) is 0 Å². The molecule has 0 radical (unpaired) electrons. The Morgan fingerprint density at radius 1 is 1.20 bits per heavy atom. The molecule has 1 N–H and O–H groups in total. The Kier molecular flexibility index (Phi) is 5.15. The highest BCUT2D eigenvalue weighted by Crippen LogP contribution is 2.34. The molecule has 0 unspecified atom stereocenters. The van der Waals surface area contributed by atoms with Gasteiger partial charge in [0.05, 0.1) is 11.1 Å². The van der Waals surface area contributed by atoms with Gasteiger partial charge in [-0.05, 0) is 42.3 Å². The third-order valence-corrected chi connectivity index (χ3v) is 5.18. The van der Waals surface area contributed by atoms with Gasteiger partial charge in [0.25, 0.3) is 0 Å². The maximum Gasteiger partial charge on any atom is 0.416 e. The second-order valence-electron chi connectivity index (χ2n) is 7.11. The minimum absolute atomic E-state index is 0.0433. The van der Waals surface area contributed by atoms with E-state index in [-0.39, 0.29) is 11.9 Å². The summed E-state index contributed by atoms with van der Waals surface area (Å²) in [5, 5.41) is 4.14. The summed E-state index contributed by atoms with van der Waals surface area (Å²) in [6, 6.07) is 8.66. The van der Waals surface area contributed by atoms with E-state index in [4.69, 9.17) is 0 Å². The van der Waals surface area contributed by atoms with Gasteiger partial charge in [0.2, 0.25) is 5.91 Å². The number of nitrogens with one attached hydrogen (secondary N) is 1. The Balaban J connectivity index is 1.64. The van der Waals surface area contributed by atoms with Gasteiger partial charge in [0.15, 0.2) is 0 Å². The van der Waals surface area contributed by atoms with Crippen LogP contribution < -0.4 is 5.32 Å². The first-order valence-corrected chi connectivity index (χ1v) is 9.46. The van der Waals surface area contributed by atoms with Gasteiger partial charge in [0.1, 0.15) is 5.82 Å². The average molecular weight is 412 g/mol. The number of hydrogen-bond acceptors (Lipinski definition) is 4. The number of alkyl halides is 3. The number of carbonyl (C=O) groups is 1. The van der Waals surface area contributed by atoms with Gasteiger partial charge in [-0.15, -0.1) is 0 Å². The molecule has 5 nitrogen and oxygen atoms in total. The summed E-state index contributed by atoms with van der Waals surface area (Å²) in [7, 11) is 0. The van der Waals surface area contributed by atoms with E-state index in [0.29, 0.717) is 35.6 Å². The van der Waals surface area contributed by atoms with Crippen LogP contribution in [0.15, 0.2) is 61.4 Å². The van der Waals surface area contributed by atoms with Crippen molar-refractivity contribution in [3.05, 3.63) is 67.0 Å². The number of carbonyl (C=O) groups excluding carboxylic acids is 1. The monoisotopic (exact) mass is 412 g/mol. The van der Waals surface area contributed by atoms with E-state index in [1.165, 1.54) is 18.2 Å². The van der Waals surface area contributed by atoms with Crippen LogP contribution in [0, 0.1) is 0 Å². The van der Waals surface area contributed by atoms with Crippen molar-refractivity contribution in [1.29, 1.82) is 0 Å². The van der Waals surface area contributed by atoms with Gasteiger partial charge < -0.3 is 10.2 Å². The zero-order valence-corrected chi connectivity index (χ0v) is 16.0. The average Bonchev–Trinajstić information content (AvgIpc) is 3.21. The summed E-state index contributed by atoms with van der Waals surface area (Å²) in [4.78, 5) is 22.5. The summed E-state index contributed by atoms with van der Waals surface area (Å²) < 4.78 is 38.6. The fraction of sp³-hybridized carbons (Fsp3) is 0.227. The van der Waals surface area contributed by atoms with Gasteiger partial charge in [-0.3, -0.25) is 9.78 Å². The molecule has 0 spiro atoms. The van der Waals surface area contributed by atoms with E-state index in [2.05, 4.69) is 21.9 Å². The largest absolute Gasteiger partial charge is 0.416 e. The highest BCUT2D eigenvalue weighted by Gasteiger charge is 2.30. The number of rotatable bonds is 4. The number of benzene rings is 1. The predicted molar refractivity (Wildman–Crippen MR) is 109 cm³/mol. The Bertz CT molecular complexity index is 1100. The first kappa shape index (κ1) is 19.9. The van der Waals surface area contributed by atoms with Crippen molar-refractivity contribution in [1.82, 2.24) is 14.9 Å². The molecule has 30 heavy (non-hydrogen) atoms. The van der Waals surface area contributed by atoms with Crippen molar-refractivity contribution >= 4 is 22.6 Å². The lowest BCUT2D eigenvalue weighted by Crippen LogP contribution is -2.30. The molecule has 1 saturated heterocycles. The SMILES string of the molecule is C=CC(=O)N1CC[C@H](Nc2ncc(-c3ccc(C(F)(F)F)cc3)c3ncccc23)C1. The van der Waals surface area contributed by atoms with Crippen LogP contribution in [-0.2, 0) is 11.0 Å². The topological polar surface area (TPSA) is 58.1 Å². The molecule has 1 fully saturated rings. The fourth-order valence-electron chi connectivity index (χ4n) is 3.64. The number of hydrogen-bond donors (Lipinski definition) is 1. The second kappa shape index (κ2) is 7.78. The van der Waals surface area contributed by atoms with Crippen LogP contribution in [-0.4, -0.2) is 39.9 Å². The molecule has 154 valence electrons.